The SMILES string of the molecule is CC(C(=O)Nc1ccc(C(F)(F)F)cc1)N1CCC(c2nc3ccccc3o2)CC1. The molecule has 1 unspecified atom stereocenters. The molecule has 8 heteroatoms. The number of amides is 1. The monoisotopic (exact) mass is 417 g/mol. The van der Waals surface area contributed by atoms with Crippen molar-refractivity contribution in [3.63, 3.8) is 0 Å². The molecule has 158 valence electrons. The van der Waals surface area contributed by atoms with Crippen LogP contribution in [-0.4, -0.2) is 34.9 Å². The molecule has 0 spiro atoms. The molecule has 0 bridgehead atoms. The fourth-order valence-electron chi connectivity index (χ4n) is 3.75. The number of alkyl halides is 3. The molecular formula is C22H22F3N3O2. The number of benzene rings is 2. The summed E-state index contributed by atoms with van der Waals surface area (Å²) in [5, 5.41) is 2.70. The third-order valence-corrected chi connectivity index (χ3v) is 5.60. The Balaban J connectivity index is 1.33. The molecule has 0 saturated carbocycles. The second kappa shape index (κ2) is 8.10. The highest BCUT2D eigenvalue weighted by Crippen LogP contribution is 2.31. The van der Waals surface area contributed by atoms with Gasteiger partial charge in [0, 0.05) is 11.6 Å². The summed E-state index contributed by atoms with van der Waals surface area (Å²) in [6, 6.07) is 11.7. The smallest absolute Gasteiger partial charge is 0.416 e. The predicted molar refractivity (Wildman–Crippen MR) is 107 cm³/mol. The summed E-state index contributed by atoms with van der Waals surface area (Å²) in [5.41, 5.74) is 1.23. The molecule has 1 amide bonds. The van der Waals surface area contributed by atoms with Crippen LogP contribution in [0.3, 0.4) is 0 Å². The van der Waals surface area contributed by atoms with Gasteiger partial charge in [-0.15, -0.1) is 0 Å². The van der Waals surface area contributed by atoms with Gasteiger partial charge in [0.15, 0.2) is 11.5 Å². The highest BCUT2D eigenvalue weighted by atomic mass is 19.4. The average molecular weight is 417 g/mol. The first-order valence-corrected chi connectivity index (χ1v) is 9.89. The second-order valence-electron chi connectivity index (χ2n) is 7.57. The molecule has 1 N–H and O–H groups in total. The van der Waals surface area contributed by atoms with Crippen LogP contribution in [0, 0.1) is 0 Å². The average Bonchev–Trinajstić information content (AvgIpc) is 3.17. The Hall–Kier alpha value is -2.87. The van der Waals surface area contributed by atoms with E-state index in [0.717, 1.165) is 42.0 Å². The van der Waals surface area contributed by atoms with E-state index in [1.807, 2.05) is 24.3 Å². The van der Waals surface area contributed by atoms with E-state index in [1.54, 1.807) is 6.92 Å². The van der Waals surface area contributed by atoms with Crippen molar-refractivity contribution in [3.8, 4) is 0 Å². The maximum atomic E-state index is 12.7. The third kappa shape index (κ3) is 4.33. The lowest BCUT2D eigenvalue weighted by atomic mass is 9.95. The minimum atomic E-state index is -4.39. The lowest BCUT2D eigenvalue weighted by Gasteiger charge is -2.34. The summed E-state index contributed by atoms with van der Waals surface area (Å²) >= 11 is 0. The van der Waals surface area contributed by atoms with E-state index < -0.39 is 17.8 Å². The Kier molecular flexibility index (Phi) is 5.51. The number of fused-ring (bicyclic) bond motifs is 1. The van der Waals surface area contributed by atoms with Crippen LogP contribution >= 0.6 is 0 Å². The van der Waals surface area contributed by atoms with Crippen LogP contribution in [0.5, 0.6) is 0 Å². The van der Waals surface area contributed by atoms with Crippen LogP contribution in [-0.2, 0) is 11.0 Å². The first-order valence-electron chi connectivity index (χ1n) is 9.89. The van der Waals surface area contributed by atoms with E-state index in [4.69, 9.17) is 4.42 Å². The molecule has 2 aromatic carbocycles. The summed E-state index contributed by atoms with van der Waals surface area (Å²) in [4.78, 5) is 19.2. The number of para-hydroxylation sites is 2. The third-order valence-electron chi connectivity index (χ3n) is 5.60. The molecular weight excluding hydrogens is 395 g/mol. The fraction of sp³-hybridized carbons (Fsp3) is 0.364. The zero-order chi connectivity index (χ0) is 21.3. The van der Waals surface area contributed by atoms with E-state index in [2.05, 4.69) is 15.2 Å². The zero-order valence-corrected chi connectivity index (χ0v) is 16.4. The fourth-order valence-corrected chi connectivity index (χ4v) is 3.75. The predicted octanol–water partition coefficient (Wildman–Crippen LogP) is 5.05. The standard InChI is InChI=1S/C22H22F3N3O2/c1-14(20(29)26-17-8-6-16(7-9-17)22(23,24)25)28-12-10-15(11-13-28)21-27-18-4-2-3-5-19(18)30-21/h2-9,14-15H,10-13H2,1H3,(H,26,29). The van der Waals surface area contributed by atoms with Gasteiger partial charge in [-0.25, -0.2) is 4.98 Å². The van der Waals surface area contributed by atoms with E-state index in [1.165, 1.54) is 12.1 Å². The van der Waals surface area contributed by atoms with Crippen molar-refractivity contribution in [2.45, 2.75) is 37.9 Å². The van der Waals surface area contributed by atoms with E-state index >= 15 is 0 Å². The highest BCUT2D eigenvalue weighted by Gasteiger charge is 2.31. The number of rotatable bonds is 4. The number of hydrogen-bond acceptors (Lipinski definition) is 4. The minimum Gasteiger partial charge on any atom is -0.440 e. The Bertz CT molecular complexity index is 989. The van der Waals surface area contributed by atoms with Crippen molar-refractivity contribution in [1.82, 2.24) is 9.88 Å². The maximum Gasteiger partial charge on any atom is 0.416 e. The van der Waals surface area contributed by atoms with Crippen molar-refractivity contribution >= 4 is 22.7 Å². The number of carbonyl (C=O) groups is 1. The van der Waals surface area contributed by atoms with Crippen LogP contribution in [0.4, 0.5) is 18.9 Å². The van der Waals surface area contributed by atoms with E-state index in [-0.39, 0.29) is 11.8 Å². The van der Waals surface area contributed by atoms with Gasteiger partial charge >= 0.3 is 6.18 Å². The van der Waals surface area contributed by atoms with Gasteiger partial charge in [-0.1, -0.05) is 12.1 Å². The topological polar surface area (TPSA) is 58.4 Å². The molecule has 3 aromatic rings. The molecule has 1 saturated heterocycles. The molecule has 4 rings (SSSR count). The van der Waals surface area contributed by atoms with Crippen molar-refractivity contribution in [3.05, 3.63) is 60.0 Å². The lowest BCUT2D eigenvalue weighted by molar-refractivity contribution is -0.137. The van der Waals surface area contributed by atoms with Crippen LogP contribution in [0.1, 0.15) is 37.1 Å². The molecule has 1 atom stereocenters. The van der Waals surface area contributed by atoms with Gasteiger partial charge in [0.1, 0.15) is 5.52 Å². The summed E-state index contributed by atoms with van der Waals surface area (Å²) < 4.78 is 43.9. The molecule has 30 heavy (non-hydrogen) atoms. The molecule has 1 aliphatic heterocycles. The molecule has 5 nitrogen and oxygen atoms in total. The summed E-state index contributed by atoms with van der Waals surface area (Å²) in [6.07, 6.45) is -2.75. The second-order valence-corrected chi connectivity index (χ2v) is 7.57. The summed E-state index contributed by atoms with van der Waals surface area (Å²) in [5.74, 6) is 0.701. The van der Waals surface area contributed by atoms with Gasteiger partial charge in [0.25, 0.3) is 0 Å². The van der Waals surface area contributed by atoms with Gasteiger partial charge in [-0.2, -0.15) is 13.2 Å². The number of carbonyl (C=O) groups excluding carboxylic acids is 1. The Morgan fingerprint density at radius 1 is 1.13 bits per heavy atom. The van der Waals surface area contributed by atoms with Crippen molar-refractivity contribution in [1.29, 1.82) is 0 Å². The minimum absolute atomic E-state index is 0.207. The Morgan fingerprint density at radius 2 is 1.80 bits per heavy atom. The number of aromatic nitrogens is 1. The Morgan fingerprint density at radius 3 is 2.43 bits per heavy atom. The molecule has 1 aromatic heterocycles. The number of nitrogens with zero attached hydrogens (tertiary/aromatic N) is 2. The number of nitrogens with one attached hydrogen (secondary N) is 1. The largest absolute Gasteiger partial charge is 0.440 e. The van der Waals surface area contributed by atoms with Crippen LogP contribution in [0.2, 0.25) is 0 Å². The normalized spacial score (nSPS) is 17.2. The summed E-state index contributed by atoms with van der Waals surface area (Å²) in [6.45, 7) is 3.23. The van der Waals surface area contributed by atoms with Crippen molar-refractivity contribution < 1.29 is 22.4 Å². The molecule has 0 aliphatic carbocycles. The number of likely N-dealkylation sites (tertiary alicyclic amines) is 1. The quantitative estimate of drug-likeness (QED) is 0.645. The van der Waals surface area contributed by atoms with Crippen LogP contribution in [0.15, 0.2) is 52.9 Å². The molecule has 1 aliphatic rings. The number of piperidine rings is 1. The van der Waals surface area contributed by atoms with E-state index in [0.29, 0.717) is 18.8 Å². The Labute approximate surface area is 171 Å². The van der Waals surface area contributed by atoms with E-state index in [9.17, 15) is 18.0 Å². The van der Waals surface area contributed by atoms with Crippen molar-refractivity contribution in [2.75, 3.05) is 18.4 Å². The van der Waals surface area contributed by atoms with Gasteiger partial charge < -0.3 is 9.73 Å². The van der Waals surface area contributed by atoms with Gasteiger partial charge in [-0.3, -0.25) is 9.69 Å². The van der Waals surface area contributed by atoms with Crippen LogP contribution < -0.4 is 5.32 Å². The van der Waals surface area contributed by atoms with Gasteiger partial charge in [-0.05, 0) is 69.3 Å². The van der Waals surface area contributed by atoms with Gasteiger partial charge in [0.2, 0.25) is 5.91 Å². The van der Waals surface area contributed by atoms with Gasteiger partial charge in [0.05, 0.1) is 11.6 Å². The molecule has 0 radical (unpaired) electrons. The number of anilines is 1. The molecule has 2 heterocycles. The maximum absolute atomic E-state index is 12.7. The van der Waals surface area contributed by atoms with Crippen LogP contribution in [0.25, 0.3) is 11.1 Å². The highest BCUT2D eigenvalue weighted by molar-refractivity contribution is 5.94. The number of oxazole rings is 1. The first-order chi connectivity index (χ1) is 14.3. The summed E-state index contributed by atoms with van der Waals surface area (Å²) in [7, 11) is 0. The lowest BCUT2D eigenvalue weighted by Crippen LogP contribution is -2.45. The number of hydrogen-bond donors (Lipinski definition) is 1. The number of halogens is 3. The van der Waals surface area contributed by atoms with Crippen molar-refractivity contribution in [2.24, 2.45) is 0 Å². The molecule has 1 fully saturated rings. The zero-order valence-electron chi connectivity index (χ0n) is 16.4. The first kappa shape index (κ1) is 20.4.